The third kappa shape index (κ3) is 3.59. The van der Waals surface area contributed by atoms with Crippen molar-refractivity contribution in [3.05, 3.63) is 36.2 Å². The molecule has 2 rings (SSSR count). The molecule has 5 nitrogen and oxygen atoms in total. The summed E-state index contributed by atoms with van der Waals surface area (Å²) in [7, 11) is 1.61. The largest absolute Gasteiger partial charge is 0.497 e. The van der Waals surface area contributed by atoms with Crippen molar-refractivity contribution in [3.63, 3.8) is 0 Å². The smallest absolute Gasteiger partial charge is 0.223 e. The van der Waals surface area contributed by atoms with Crippen molar-refractivity contribution >= 4 is 11.8 Å². The maximum atomic E-state index is 5.71. The summed E-state index contributed by atoms with van der Waals surface area (Å²) in [5, 5.41) is 0.854. The first kappa shape index (κ1) is 13.6. The molecule has 0 atom stereocenters. The summed E-state index contributed by atoms with van der Waals surface area (Å²) in [6, 6.07) is 7.32. The first-order chi connectivity index (χ1) is 9.25. The molecule has 0 aliphatic heterocycles. The molecule has 0 amide bonds. The van der Waals surface area contributed by atoms with Crippen molar-refractivity contribution in [2.45, 2.75) is 11.6 Å². The highest BCUT2D eigenvalue weighted by atomic mass is 32.2. The number of benzene rings is 1. The number of methoxy groups -OCH3 is 1. The second kappa shape index (κ2) is 6.40. The fourth-order valence-electron chi connectivity index (χ4n) is 1.54. The Bertz CT molecular complexity index is 541. The van der Waals surface area contributed by atoms with E-state index in [-0.39, 0.29) is 0 Å². The lowest BCUT2D eigenvalue weighted by Crippen LogP contribution is -1.98. The number of hydrogen-bond donors (Lipinski definition) is 1. The van der Waals surface area contributed by atoms with Crippen LogP contribution in [-0.2, 0) is 6.54 Å². The topological polar surface area (TPSA) is 70.3 Å². The third-order valence-electron chi connectivity index (χ3n) is 2.46. The fourth-order valence-corrected chi connectivity index (χ4v) is 1.91. The monoisotopic (exact) mass is 277 g/mol. The molecule has 0 bridgehead atoms. The van der Waals surface area contributed by atoms with Crippen LogP contribution in [0.1, 0.15) is 5.56 Å². The molecule has 1 aromatic carbocycles. The Morgan fingerprint density at radius 1 is 1.16 bits per heavy atom. The number of nitrogens with two attached hydrogens (primary N) is 1. The van der Waals surface area contributed by atoms with Crippen molar-refractivity contribution in [1.82, 2.24) is 9.97 Å². The average molecular weight is 277 g/mol. The van der Waals surface area contributed by atoms with E-state index in [9.17, 15) is 0 Å². The van der Waals surface area contributed by atoms with E-state index in [4.69, 9.17) is 15.2 Å². The maximum Gasteiger partial charge on any atom is 0.223 e. The highest BCUT2D eigenvalue weighted by Crippen LogP contribution is 2.27. The lowest BCUT2D eigenvalue weighted by Gasteiger charge is -2.09. The van der Waals surface area contributed by atoms with Gasteiger partial charge >= 0.3 is 0 Å². The molecule has 0 aliphatic rings. The molecule has 100 valence electrons. The Morgan fingerprint density at radius 2 is 1.95 bits per heavy atom. The molecule has 0 unspecified atom stereocenters. The van der Waals surface area contributed by atoms with Gasteiger partial charge in [-0.05, 0) is 24.0 Å². The van der Waals surface area contributed by atoms with Crippen LogP contribution in [0.5, 0.6) is 17.4 Å². The van der Waals surface area contributed by atoms with Crippen LogP contribution in [-0.4, -0.2) is 23.3 Å². The highest BCUT2D eigenvalue weighted by Gasteiger charge is 2.05. The Balaban J connectivity index is 2.26. The zero-order valence-electron chi connectivity index (χ0n) is 10.8. The first-order valence-electron chi connectivity index (χ1n) is 5.67. The van der Waals surface area contributed by atoms with Crippen molar-refractivity contribution in [2.24, 2.45) is 5.73 Å². The summed E-state index contributed by atoms with van der Waals surface area (Å²) in [5.74, 6) is 1.85. The van der Waals surface area contributed by atoms with Crippen LogP contribution in [0, 0.1) is 0 Å². The highest BCUT2D eigenvalue weighted by molar-refractivity contribution is 7.98. The molecule has 0 radical (unpaired) electrons. The molecule has 1 aromatic heterocycles. The standard InChI is InChI=1S/C13H15N3O2S/c1-17-10-3-9(7-14)4-11(5-10)18-12-6-13(19-2)16-8-15-12/h3-6,8H,7,14H2,1-2H3. The van der Waals surface area contributed by atoms with Gasteiger partial charge in [-0.3, -0.25) is 0 Å². The van der Waals surface area contributed by atoms with Gasteiger partial charge in [-0.25, -0.2) is 9.97 Å². The van der Waals surface area contributed by atoms with E-state index in [1.165, 1.54) is 18.1 Å². The molecule has 2 aromatic rings. The van der Waals surface area contributed by atoms with Crippen molar-refractivity contribution in [2.75, 3.05) is 13.4 Å². The van der Waals surface area contributed by atoms with Crippen LogP contribution in [0.3, 0.4) is 0 Å². The second-order valence-electron chi connectivity index (χ2n) is 3.72. The zero-order chi connectivity index (χ0) is 13.7. The predicted octanol–water partition coefficient (Wildman–Crippen LogP) is 2.46. The SMILES string of the molecule is COc1cc(CN)cc(Oc2cc(SC)ncn2)c1. The van der Waals surface area contributed by atoms with Crippen LogP contribution in [0.4, 0.5) is 0 Å². The van der Waals surface area contributed by atoms with E-state index < -0.39 is 0 Å². The predicted molar refractivity (Wildman–Crippen MR) is 74.8 cm³/mol. The summed E-state index contributed by atoms with van der Waals surface area (Å²) in [4.78, 5) is 8.17. The van der Waals surface area contributed by atoms with E-state index in [1.54, 1.807) is 19.2 Å². The number of rotatable bonds is 5. The Labute approximate surface area is 116 Å². The number of hydrogen-bond acceptors (Lipinski definition) is 6. The summed E-state index contributed by atoms with van der Waals surface area (Å²) in [5.41, 5.74) is 6.58. The minimum atomic E-state index is 0.424. The minimum Gasteiger partial charge on any atom is -0.497 e. The summed E-state index contributed by atoms with van der Waals surface area (Å²) in [6.07, 6.45) is 3.43. The van der Waals surface area contributed by atoms with E-state index in [0.29, 0.717) is 23.9 Å². The molecular weight excluding hydrogens is 262 g/mol. The summed E-state index contributed by atoms with van der Waals surface area (Å²) < 4.78 is 10.9. The van der Waals surface area contributed by atoms with E-state index in [2.05, 4.69) is 9.97 Å². The number of nitrogens with zero attached hydrogens (tertiary/aromatic N) is 2. The summed E-state index contributed by atoms with van der Waals surface area (Å²) in [6.45, 7) is 0.424. The number of aromatic nitrogens is 2. The van der Waals surface area contributed by atoms with Gasteiger partial charge in [-0.15, -0.1) is 11.8 Å². The van der Waals surface area contributed by atoms with Crippen molar-refractivity contribution in [3.8, 4) is 17.4 Å². The molecule has 0 saturated carbocycles. The van der Waals surface area contributed by atoms with Gasteiger partial charge in [0.25, 0.3) is 0 Å². The van der Waals surface area contributed by atoms with Gasteiger partial charge in [0.1, 0.15) is 22.9 Å². The van der Waals surface area contributed by atoms with Crippen LogP contribution < -0.4 is 15.2 Å². The molecular formula is C13H15N3O2S. The van der Waals surface area contributed by atoms with Crippen LogP contribution in [0.2, 0.25) is 0 Å². The Morgan fingerprint density at radius 3 is 2.63 bits per heavy atom. The molecule has 2 N–H and O–H groups in total. The fraction of sp³-hybridized carbons (Fsp3) is 0.231. The maximum absolute atomic E-state index is 5.71. The lowest BCUT2D eigenvalue weighted by molar-refractivity contribution is 0.406. The van der Waals surface area contributed by atoms with Gasteiger partial charge in [0.15, 0.2) is 0 Å². The average Bonchev–Trinajstić information content (AvgIpc) is 2.47. The quantitative estimate of drug-likeness (QED) is 0.668. The number of ether oxygens (including phenoxy) is 2. The molecule has 0 saturated heterocycles. The van der Waals surface area contributed by atoms with Gasteiger partial charge < -0.3 is 15.2 Å². The zero-order valence-corrected chi connectivity index (χ0v) is 11.6. The number of thioether (sulfide) groups is 1. The van der Waals surface area contributed by atoms with Gasteiger partial charge in [-0.1, -0.05) is 0 Å². The Kier molecular flexibility index (Phi) is 4.59. The van der Waals surface area contributed by atoms with Gasteiger partial charge in [0.2, 0.25) is 5.88 Å². The molecule has 0 fully saturated rings. The second-order valence-corrected chi connectivity index (χ2v) is 4.55. The van der Waals surface area contributed by atoms with E-state index >= 15 is 0 Å². The summed E-state index contributed by atoms with van der Waals surface area (Å²) >= 11 is 1.53. The van der Waals surface area contributed by atoms with Crippen LogP contribution >= 0.6 is 11.8 Å². The molecule has 0 spiro atoms. The van der Waals surface area contributed by atoms with Crippen molar-refractivity contribution < 1.29 is 9.47 Å². The molecule has 1 heterocycles. The Hall–Kier alpha value is -1.79. The lowest BCUT2D eigenvalue weighted by atomic mass is 10.2. The van der Waals surface area contributed by atoms with Crippen LogP contribution in [0.25, 0.3) is 0 Å². The molecule has 0 aliphatic carbocycles. The van der Waals surface area contributed by atoms with E-state index in [1.807, 2.05) is 18.4 Å². The molecule has 19 heavy (non-hydrogen) atoms. The van der Waals surface area contributed by atoms with Gasteiger partial charge in [0, 0.05) is 18.7 Å². The normalized spacial score (nSPS) is 10.3. The van der Waals surface area contributed by atoms with Crippen LogP contribution in [0.15, 0.2) is 35.6 Å². The van der Waals surface area contributed by atoms with E-state index in [0.717, 1.165) is 10.6 Å². The van der Waals surface area contributed by atoms with Gasteiger partial charge in [-0.2, -0.15) is 0 Å². The van der Waals surface area contributed by atoms with Crippen molar-refractivity contribution in [1.29, 1.82) is 0 Å². The minimum absolute atomic E-state index is 0.424. The third-order valence-corrected chi connectivity index (χ3v) is 3.10. The van der Waals surface area contributed by atoms with Gasteiger partial charge in [0.05, 0.1) is 7.11 Å². The first-order valence-corrected chi connectivity index (χ1v) is 6.89. The molecule has 6 heteroatoms.